The summed E-state index contributed by atoms with van der Waals surface area (Å²) in [5.74, 6) is 0.457. The molecule has 18 heavy (non-hydrogen) atoms. The number of carbonyl (C=O) groups is 1. The largest absolute Gasteiger partial charge is 0.303 e. The van der Waals surface area contributed by atoms with Gasteiger partial charge in [-0.25, -0.2) is 0 Å². The number of nitrogens with zero attached hydrogens (tertiary/aromatic N) is 4. The van der Waals surface area contributed by atoms with E-state index >= 15 is 0 Å². The first kappa shape index (κ1) is 14.5. The molecular weight excluding hydrogens is 252 g/mol. The maximum Gasteiger partial charge on any atom is 0.269 e. The molecule has 0 saturated heterocycles. The smallest absolute Gasteiger partial charge is 0.269 e. The van der Waals surface area contributed by atoms with E-state index < -0.39 is 0 Å². The van der Waals surface area contributed by atoms with E-state index in [0.717, 1.165) is 6.42 Å². The van der Waals surface area contributed by atoms with Crippen molar-refractivity contribution in [2.75, 3.05) is 5.32 Å². The molecule has 0 atom stereocenters. The number of nitrogens with one attached hydrogen (secondary N) is 2. The fourth-order valence-corrected chi connectivity index (χ4v) is 1.47. The zero-order valence-corrected chi connectivity index (χ0v) is 11.6. The van der Waals surface area contributed by atoms with Gasteiger partial charge in [0.25, 0.3) is 5.95 Å². The number of carbonyl (C=O) groups excluding carboxylic acids is 1. The molecule has 2 N–H and O–H groups in total. The minimum atomic E-state index is -0.122. The van der Waals surface area contributed by atoms with E-state index in [-0.39, 0.29) is 16.9 Å². The molecule has 1 amide bonds. The lowest BCUT2D eigenvalue weighted by atomic mass is 10.1. The molecule has 0 radical (unpaired) electrons. The molecule has 1 aromatic rings. The van der Waals surface area contributed by atoms with Crippen LogP contribution in [0.1, 0.15) is 33.6 Å². The second-order valence-corrected chi connectivity index (χ2v) is 4.72. The van der Waals surface area contributed by atoms with Gasteiger partial charge in [0, 0.05) is 6.42 Å². The van der Waals surface area contributed by atoms with Crippen LogP contribution in [-0.2, 0) is 11.3 Å². The van der Waals surface area contributed by atoms with Crippen LogP contribution in [0.5, 0.6) is 0 Å². The van der Waals surface area contributed by atoms with E-state index in [1.807, 2.05) is 20.8 Å². The molecule has 0 spiro atoms. The van der Waals surface area contributed by atoms with Crippen LogP contribution in [0.4, 0.5) is 5.95 Å². The summed E-state index contributed by atoms with van der Waals surface area (Å²) in [6.07, 6.45) is 1.35. The predicted octanol–water partition coefficient (Wildman–Crippen LogP) is 0.942. The summed E-state index contributed by atoms with van der Waals surface area (Å²) in [6, 6.07) is 0. The molecule has 100 valence electrons. The maximum atomic E-state index is 11.5. The summed E-state index contributed by atoms with van der Waals surface area (Å²) in [5, 5.41) is 17.1. The molecule has 0 aromatic carbocycles. The Kier molecular flexibility index (Phi) is 5.63. The van der Waals surface area contributed by atoms with E-state index in [0.29, 0.717) is 18.9 Å². The van der Waals surface area contributed by atoms with Gasteiger partial charge < -0.3 is 5.32 Å². The lowest BCUT2D eigenvalue weighted by Crippen LogP contribution is -2.35. The van der Waals surface area contributed by atoms with Crippen LogP contribution < -0.4 is 10.6 Å². The highest BCUT2D eigenvalue weighted by molar-refractivity contribution is 7.80. The third-order valence-corrected chi connectivity index (χ3v) is 2.15. The first-order valence-electron chi connectivity index (χ1n) is 5.90. The summed E-state index contributed by atoms with van der Waals surface area (Å²) in [7, 11) is 0. The van der Waals surface area contributed by atoms with Crippen LogP contribution in [0, 0.1) is 5.92 Å². The Morgan fingerprint density at radius 3 is 2.83 bits per heavy atom. The Bertz CT molecular complexity index is 416. The minimum Gasteiger partial charge on any atom is -0.303 e. The quantitative estimate of drug-likeness (QED) is 0.775. The molecule has 1 heterocycles. The van der Waals surface area contributed by atoms with Gasteiger partial charge in [-0.2, -0.15) is 4.80 Å². The van der Waals surface area contributed by atoms with Crippen molar-refractivity contribution < 1.29 is 4.79 Å². The van der Waals surface area contributed by atoms with Gasteiger partial charge in [0.1, 0.15) is 0 Å². The normalized spacial score (nSPS) is 10.4. The highest BCUT2D eigenvalue weighted by atomic mass is 32.1. The maximum absolute atomic E-state index is 11.5. The number of aryl methyl sites for hydroxylation is 1. The van der Waals surface area contributed by atoms with Crippen molar-refractivity contribution in [2.45, 2.75) is 40.2 Å². The van der Waals surface area contributed by atoms with E-state index in [2.05, 4.69) is 26.0 Å². The number of rotatable bonds is 5. The van der Waals surface area contributed by atoms with E-state index in [4.69, 9.17) is 12.2 Å². The van der Waals surface area contributed by atoms with Crippen molar-refractivity contribution in [1.29, 1.82) is 0 Å². The second-order valence-electron chi connectivity index (χ2n) is 4.31. The zero-order valence-electron chi connectivity index (χ0n) is 10.8. The van der Waals surface area contributed by atoms with Gasteiger partial charge in [-0.3, -0.25) is 10.1 Å². The number of hydrogen-bond acceptors (Lipinski definition) is 5. The SMILES string of the molecule is CCCn1nnc(NC(=S)NC(=O)CC(C)C)n1. The van der Waals surface area contributed by atoms with Gasteiger partial charge in [0.05, 0.1) is 6.54 Å². The van der Waals surface area contributed by atoms with Gasteiger partial charge in [-0.15, -0.1) is 5.10 Å². The molecule has 7 nitrogen and oxygen atoms in total. The van der Waals surface area contributed by atoms with Gasteiger partial charge in [-0.05, 0) is 29.8 Å². The van der Waals surface area contributed by atoms with Crippen LogP contribution in [-0.4, -0.2) is 31.2 Å². The average Bonchev–Trinajstić information content (AvgIpc) is 2.64. The average molecular weight is 270 g/mol. The van der Waals surface area contributed by atoms with Crippen molar-refractivity contribution in [2.24, 2.45) is 5.92 Å². The van der Waals surface area contributed by atoms with Crippen LogP contribution in [0.25, 0.3) is 0 Å². The number of hydrogen-bond donors (Lipinski definition) is 2. The van der Waals surface area contributed by atoms with E-state index in [9.17, 15) is 4.79 Å². The predicted molar refractivity (Wildman–Crippen MR) is 71.9 cm³/mol. The molecule has 0 unspecified atom stereocenters. The number of thiocarbonyl (C=S) groups is 1. The summed E-state index contributed by atoms with van der Waals surface area (Å²) in [6.45, 7) is 6.65. The van der Waals surface area contributed by atoms with Gasteiger partial charge in [0.2, 0.25) is 5.91 Å². The summed E-state index contributed by atoms with van der Waals surface area (Å²) >= 11 is 4.98. The first-order chi connectivity index (χ1) is 8.51. The number of amides is 1. The standard InChI is InChI=1S/C10H18N6OS/c1-4-5-16-14-9(13-15-16)12-10(18)11-8(17)6-7(2)3/h7H,4-6H2,1-3H3,(H2,11,12,14,17,18). The lowest BCUT2D eigenvalue weighted by molar-refractivity contribution is -0.120. The fourth-order valence-electron chi connectivity index (χ4n) is 1.27. The summed E-state index contributed by atoms with van der Waals surface area (Å²) in [4.78, 5) is 12.9. The number of aromatic nitrogens is 4. The monoisotopic (exact) mass is 270 g/mol. The molecule has 0 aliphatic rings. The Hall–Kier alpha value is -1.57. The lowest BCUT2D eigenvalue weighted by Gasteiger charge is -2.07. The topological polar surface area (TPSA) is 84.7 Å². The third kappa shape index (κ3) is 5.17. The Morgan fingerprint density at radius 2 is 2.22 bits per heavy atom. The number of anilines is 1. The van der Waals surface area contributed by atoms with Crippen molar-refractivity contribution in [3.05, 3.63) is 0 Å². The van der Waals surface area contributed by atoms with Gasteiger partial charge in [0.15, 0.2) is 5.11 Å². The molecule has 0 fully saturated rings. The Labute approximate surface area is 111 Å². The molecule has 0 saturated carbocycles. The highest BCUT2D eigenvalue weighted by Gasteiger charge is 2.09. The molecular formula is C10H18N6OS. The molecule has 0 aliphatic heterocycles. The van der Waals surface area contributed by atoms with Crippen LogP contribution in [0.3, 0.4) is 0 Å². The molecule has 0 aliphatic carbocycles. The molecule has 1 rings (SSSR count). The molecule has 0 bridgehead atoms. The third-order valence-electron chi connectivity index (χ3n) is 1.95. The van der Waals surface area contributed by atoms with Gasteiger partial charge >= 0.3 is 0 Å². The van der Waals surface area contributed by atoms with E-state index in [1.165, 1.54) is 4.80 Å². The first-order valence-corrected chi connectivity index (χ1v) is 6.30. The van der Waals surface area contributed by atoms with Gasteiger partial charge in [-0.1, -0.05) is 25.9 Å². The molecule has 1 aromatic heterocycles. The van der Waals surface area contributed by atoms with Crippen molar-refractivity contribution in [1.82, 2.24) is 25.5 Å². The van der Waals surface area contributed by atoms with Crippen molar-refractivity contribution in [3.8, 4) is 0 Å². The number of tetrazole rings is 1. The van der Waals surface area contributed by atoms with Crippen LogP contribution in [0.2, 0.25) is 0 Å². The highest BCUT2D eigenvalue weighted by Crippen LogP contribution is 1.99. The van der Waals surface area contributed by atoms with Crippen LogP contribution >= 0.6 is 12.2 Å². The second kappa shape index (κ2) is 7.00. The fraction of sp³-hybridized carbons (Fsp3) is 0.700. The summed E-state index contributed by atoms with van der Waals surface area (Å²) < 4.78 is 0. The molecule has 8 heteroatoms. The van der Waals surface area contributed by atoms with Crippen molar-refractivity contribution >= 4 is 29.2 Å². The Morgan fingerprint density at radius 1 is 1.50 bits per heavy atom. The summed E-state index contributed by atoms with van der Waals surface area (Å²) in [5.41, 5.74) is 0. The zero-order chi connectivity index (χ0) is 13.5. The minimum absolute atomic E-state index is 0.122. The van der Waals surface area contributed by atoms with Crippen LogP contribution in [0.15, 0.2) is 0 Å². The Balaban J connectivity index is 2.41. The van der Waals surface area contributed by atoms with Crippen molar-refractivity contribution in [3.63, 3.8) is 0 Å². The van der Waals surface area contributed by atoms with E-state index in [1.54, 1.807) is 0 Å².